The Morgan fingerprint density at radius 1 is 1.38 bits per heavy atom. The summed E-state index contributed by atoms with van der Waals surface area (Å²) in [6.45, 7) is 4.16. The number of ether oxygens (including phenoxy) is 1. The van der Waals surface area contributed by atoms with Crippen LogP contribution in [0.1, 0.15) is 24.0 Å². The maximum atomic E-state index is 12.5. The standard InChI is InChI=1S/C9H12OS.C6H11F2NO/c1-6-4-8(10-3)5-7(2)9(6)11;7-6(8)1-2-9-5(3-6)4-10/h4-5,11H,1-3H3;5,9-10H,1-4H2. The van der Waals surface area contributed by atoms with E-state index in [9.17, 15) is 8.78 Å². The van der Waals surface area contributed by atoms with E-state index in [4.69, 9.17) is 9.84 Å². The first kappa shape index (κ1) is 18.2. The molecule has 1 aromatic rings. The molecule has 1 aliphatic rings. The summed E-state index contributed by atoms with van der Waals surface area (Å²) < 4.78 is 30.1. The van der Waals surface area contributed by atoms with Crippen LogP contribution in [0.4, 0.5) is 8.78 Å². The van der Waals surface area contributed by atoms with Gasteiger partial charge in [-0.25, -0.2) is 8.78 Å². The molecule has 2 N–H and O–H groups in total. The summed E-state index contributed by atoms with van der Waals surface area (Å²) in [7, 11) is 1.67. The van der Waals surface area contributed by atoms with Crippen molar-refractivity contribution in [3.05, 3.63) is 23.3 Å². The highest BCUT2D eigenvalue weighted by atomic mass is 32.1. The third-order valence-corrected chi connectivity index (χ3v) is 4.09. The Kier molecular flexibility index (Phi) is 6.90. The van der Waals surface area contributed by atoms with Crippen molar-refractivity contribution < 1.29 is 18.6 Å². The van der Waals surface area contributed by atoms with Gasteiger partial charge < -0.3 is 15.2 Å². The van der Waals surface area contributed by atoms with Crippen molar-refractivity contribution in [2.45, 2.75) is 43.5 Å². The minimum Gasteiger partial charge on any atom is -0.497 e. The van der Waals surface area contributed by atoms with Crippen LogP contribution in [0, 0.1) is 13.8 Å². The average molecular weight is 319 g/mol. The summed E-state index contributed by atoms with van der Waals surface area (Å²) in [4.78, 5) is 1.05. The molecule has 1 fully saturated rings. The number of thiol groups is 1. The second-order valence-corrected chi connectivity index (χ2v) is 5.70. The molecule has 3 nitrogen and oxygen atoms in total. The van der Waals surface area contributed by atoms with Crippen molar-refractivity contribution in [2.75, 3.05) is 20.3 Å². The maximum absolute atomic E-state index is 12.5. The number of nitrogens with one attached hydrogen (secondary N) is 1. The van der Waals surface area contributed by atoms with Gasteiger partial charge in [-0.3, -0.25) is 0 Å². The molecule has 0 radical (unpaired) electrons. The Hall–Kier alpha value is -0.850. The lowest BCUT2D eigenvalue weighted by atomic mass is 10.0. The largest absolute Gasteiger partial charge is 0.497 e. The average Bonchev–Trinajstić information content (AvgIpc) is 2.43. The zero-order valence-corrected chi connectivity index (χ0v) is 13.5. The van der Waals surface area contributed by atoms with E-state index in [1.165, 1.54) is 0 Å². The second kappa shape index (κ2) is 7.96. The third kappa shape index (κ3) is 5.80. The van der Waals surface area contributed by atoms with E-state index in [2.05, 4.69) is 17.9 Å². The number of benzene rings is 1. The molecule has 0 saturated carbocycles. The maximum Gasteiger partial charge on any atom is 0.250 e. The van der Waals surface area contributed by atoms with Gasteiger partial charge in [0, 0.05) is 30.3 Å². The van der Waals surface area contributed by atoms with Gasteiger partial charge in [0.1, 0.15) is 5.75 Å². The molecule has 1 unspecified atom stereocenters. The summed E-state index contributed by atoms with van der Waals surface area (Å²) in [6, 6.07) is 3.55. The number of methoxy groups -OCH3 is 1. The van der Waals surface area contributed by atoms with Crippen molar-refractivity contribution in [1.82, 2.24) is 5.32 Å². The molecule has 0 amide bonds. The Bertz CT molecular complexity index is 446. The lowest BCUT2D eigenvalue weighted by Crippen LogP contribution is -2.45. The van der Waals surface area contributed by atoms with E-state index in [0.29, 0.717) is 6.54 Å². The molecule has 120 valence electrons. The Balaban J connectivity index is 0.000000211. The minimum absolute atomic E-state index is 0.108. The van der Waals surface area contributed by atoms with Crippen LogP contribution in [0.5, 0.6) is 5.75 Å². The molecule has 6 heteroatoms. The Morgan fingerprint density at radius 2 is 1.95 bits per heavy atom. The summed E-state index contributed by atoms with van der Waals surface area (Å²) >= 11 is 4.34. The number of aryl methyl sites for hydroxylation is 2. The Morgan fingerprint density at radius 3 is 2.33 bits per heavy atom. The smallest absolute Gasteiger partial charge is 0.250 e. The molecule has 1 aromatic carbocycles. The molecule has 1 aliphatic heterocycles. The van der Waals surface area contributed by atoms with E-state index in [-0.39, 0.29) is 19.4 Å². The van der Waals surface area contributed by atoms with Gasteiger partial charge in [0.2, 0.25) is 0 Å². The molecule has 0 aromatic heterocycles. The molecular weight excluding hydrogens is 296 g/mol. The summed E-state index contributed by atoms with van der Waals surface area (Å²) in [5, 5.41) is 11.3. The van der Waals surface area contributed by atoms with Crippen molar-refractivity contribution in [1.29, 1.82) is 0 Å². The molecule has 0 bridgehead atoms. The van der Waals surface area contributed by atoms with Crippen LogP contribution in [-0.2, 0) is 0 Å². The van der Waals surface area contributed by atoms with Crippen LogP contribution in [-0.4, -0.2) is 37.3 Å². The molecule has 0 aliphatic carbocycles. The monoisotopic (exact) mass is 319 g/mol. The van der Waals surface area contributed by atoms with Crippen LogP contribution in [0.15, 0.2) is 17.0 Å². The van der Waals surface area contributed by atoms with Crippen molar-refractivity contribution >= 4 is 12.6 Å². The van der Waals surface area contributed by atoms with E-state index in [1.54, 1.807) is 7.11 Å². The van der Waals surface area contributed by atoms with Crippen LogP contribution in [0.2, 0.25) is 0 Å². The fraction of sp³-hybridized carbons (Fsp3) is 0.600. The van der Waals surface area contributed by atoms with Gasteiger partial charge in [-0.1, -0.05) is 0 Å². The quantitative estimate of drug-likeness (QED) is 0.734. The van der Waals surface area contributed by atoms with Crippen molar-refractivity contribution in [2.24, 2.45) is 0 Å². The highest BCUT2D eigenvalue weighted by molar-refractivity contribution is 7.80. The molecule has 21 heavy (non-hydrogen) atoms. The van der Waals surface area contributed by atoms with Gasteiger partial charge in [0.25, 0.3) is 5.92 Å². The summed E-state index contributed by atoms with van der Waals surface area (Å²) in [5.41, 5.74) is 2.32. The first-order valence-corrected chi connectivity index (χ1v) is 7.30. The fourth-order valence-corrected chi connectivity index (χ4v) is 2.29. The summed E-state index contributed by atoms with van der Waals surface area (Å²) in [5.74, 6) is -1.67. The number of rotatable bonds is 2. The minimum atomic E-state index is -2.57. The van der Waals surface area contributed by atoms with Gasteiger partial charge in [0.05, 0.1) is 13.7 Å². The van der Waals surface area contributed by atoms with Gasteiger partial charge in [-0.15, -0.1) is 12.6 Å². The van der Waals surface area contributed by atoms with Gasteiger partial charge in [-0.2, -0.15) is 0 Å². The topological polar surface area (TPSA) is 41.5 Å². The highest BCUT2D eigenvalue weighted by Crippen LogP contribution is 2.27. The van der Waals surface area contributed by atoms with E-state index in [0.717, 1.165) is 21.8 Å². The van der Waals surface area contributed by atoms with E-state index in [1.807, 2.05) is 26.0 Å². The molecular formula is C15H23F2NO2S. The molecule has 1 saturated heterocycles. The first-order valence-electron chi connectivity index (χ1n) is 6.85. The van der Waals surface area contributed by atoms with Crippen LogP contribution in [0.3, 0.4) is 0 Å². The molecule has 2 rings (SSSR count). The number of halogens is 2. The zero-order valence-electron chi connectivity index (χ0n) is 12.6. The Labute approximate surface area is 130 Å². The van der Waals surface area contributed by atoms with E-state index >= 15 is 0 Å². The summed E-state index contributed by atoms with van der Waals surface area (Å²) in [6.07, 6.45) is -0.340. The number of aliphatic hydroxyl groups excluding tert-OH is 1. The fourth-order valence-electron chi connectivity index (χ4n) is 2.16. The van der Waals surface area contributed by atoms with E-state index < -0.39 is 12.0 Å². The first-order chi connectivity index (χ1) is 9.79. The predicted octanol–water partition coefficient (Wildman–Crippen LogP) is 2.97. The van der Waals surface area contributed by atoms with Crippen LogP contribution < -0.4 is 10.1 Å². The predicted molar refractivity (Wildman–Crippen MR) is 82.8 cm³/mol. The van der Waals surface area contributed by atoms with Crippen molar-refractivity contribution in [3.63, 3.8) is 0 Å². The van der Waals surface area contributed by atoms with Crippen LogP contribution in [0.25, 0.3) is 0 Å². The normalized spacial score (nSPS) is 20.4. The zero-order chi connectivity index (χ0) is 16.0. The second-order valence-electron chi connectivity index (χ2n) is 5.25. The number of piperidine rings is 1. The number of alkyl halides is 2. The van der Waals surface area contributed by atoms with Gasteiger partial charge >= 0.3 is 0 Å². The van der Waals surface area contributed by atoms with Crippen LogP contribution >= 0.6 is 12.6 Å². The molecule has 1 atom stereocenters. The lowest BCUT2D eigenvalue weighted by molar-refractivity contribution is -0.0472. The number of hydrogen-bond donors (Lipinski definition) is 3. The third-order valence-electron chi connectivity index (χ3n) is 3.39. The lowest BCUT2D eigenvalue weighted by Gasteiger charge is -2.28. The highest BCUT2D eigenvalue weighted by Gasteiger charge is 2.35. The van der Waals surface area contributed by atoms with Gasteiger partial charge in [0.15, 0.2) is 0 Å². The molecule has 0 spiro atoms. The number of hydrogen-bond acceptors (Lipinski definition) is 4. The number of aliphatic hydroxyl groups is 1. The molecule has 1 heterocycles. The SMILES string of the molecule is COc1cc(C)c(S)c(C)c1.OCC1CC(F)(F)CCN1. The van der Waals surface area contributed by atoms with Crippen molar-refractivity contribution in [3.8, 4) is 5.75 Å². The van der Waals surface area contributed by atoms with Gasteiger partial charge in [-0.05, 0) is 37.1 Å².